The standard InChI is InChI=1S/C38H44N4O2/c43-37(33-19-18-29-12-8-9-17-32(29)26-33)39-27-34-20-25-42(38(44)36(40-34)21-24-41-22-10-3-11-23-41)28-35(30-13-4-1-5-14-30)31-15-6-2-7-16-31/h1-2,4-9,12-19,26,34-36,40H,3,10-11,20-25,27-28H2,(H,39,43)/t34-,36-/m0/s1. The minimum Gasteiger partial charge on any atom is -0.350 e. The van der Waals surface area contributed by atoms with E-state index in [1.165, 1.54) is 30.4 Å². The van der Waals surface area contributed by atoms with Gasteiger partial charge in [0.05, 0.1) is 6.04 Å². The molecule has 6 rings (SSSR count). The van der Waals surface area contributed by atoms with E-state index in [1.54, 1.807) is 0 Å². The first-order valence-electron chi connectivity index (χ1n) is 16.3. The molecule has 4 aromatic carbocycles. The molecule has 0 radical (unpaired) electrons. The predicted octanol–water partition coefficient (Wildman–Crippen LogP) is 5.84. The van der Waals surface area contributed by atoms with Gasteiger partial charge in [-0.2, -0.15) is 0 Å². The van der Waals surface area contributed by atoms with Crippen molar-refractivity contribution in [3.8, 4) is 0 Å². The number of hydrogen-bond acceptors (Lipinski definition) is 4. The summed E-state index contributed by atoms with van der Waals surface area (Å²) in [7, 11) is 0. The lowest BCUT2D eigenvalue weighted by molar-refractivity contribution is -0.133. The Bertz CT molecular complexity index is 1480. The Labute approximate surface area is 261 Å². The van der Waals surface area contributed by atoms with E-state index < -0.39 is 0 Å². The molecule has 0 saturated carbocycles. The predicted molar refractivity (Wildman–Crippen MR) is 178 cm³/mol. The molecule has 2 amide bonds. The SMILES string of the molecule is O=C(NC[C@@H]1CCN(CC(c2ccccc2)c2ccccc2)C(=O)[C@H](CCN2CCCCC2)N1)c1ccc2ccccc2c1. The average Bonchev–Trinajstić information content (AvgIpc) is 3.23. The number of nitrogens with one attached hydrogen (secondary N) is 2. The number of hydrogen-bond donors (Lipinski definition) is 2. The molecule has 2 aliphatic rings. The molecule has 2 heterocycles. The van der Waals surface area contributed by atoms with E-state index in [0.717, 1.165) is 43.2 Å². The second-order valence-electron chi connectivity index (χ2n) is 12.3. The van der Waals surface area contributed by atoms with Crippen molar-refractivity contribution in [2.45, 2.75) is 50.1 Å². The van der Waals surface area contributed by atoms with Gasteiger partial charge in [-0.3, -0.25) is 9.59 Å². The maximum atomic E-state index is 14.2. The summed E-state index contributed by atoms with van der Waals surface area (Å²) in [6, 6.07) is 34.7. The first-order valence-corrected chi connectivity index (χ1v) is 16.3. The van der Waals surface area contributed by atoms with Crippen LogP contribution in [0.4, 0.5) is 0 Å². The van der Waals surface area contributed by atoms with Gasteiger partial charge >= 0.3 is 0 Å². The summed E-state index contributed by atoms with van der Waals surface area (Å²) >= 11 is 0. The van der Waals surface area contributed by atoms with E-state index >= 15 is 0 Å². The van der Waals surface area contributed by atoms with E-state index in [4.69, 9.17) is 0 Å². The quantitative estimate of drug-likeness (QED) is 0.245. The van der Waals surface area contributed by atoms with Crippen molar-refractivity contribution < 1.29 is 9.59 Å². The van der Waals surface area contributed by atoms with E-state index in [1.807, 2.05) is 48.5 Å². The van der Waals surface area contributed by atoms with Gasteiger partial charge in [0.1, 0.15) is 0 Å². The first-order chi connectivity index (χ1) is 21.6. The Morgan fingerprint density at radius 2 is 1.45 bits per heavy atom. The molecule has 6 heteroatoms. The fourth-order valence-corrected chi connectivity index (χ4v) is 6.77. The topological polar surface area (TPSA) is 64.7 Å². The summed E-state index contributed by atoms with van der Waals surface area (Å²) in [6.45, 7) is 4.89. The summed E-state index contributed by atoms with van der Waals surface area (Å²) in [5, 5.41) is 9.03. The minimum absolute atomic E-state index is 0.00612. The normalized spacial score (nSPS) is 19.7. The lowest BCUT2D eigenvalue weighted by atomic mass is 9.90. The van der Waals surface area contributed by atoms with Crippen molar-refractivity contribution in [3.63, 3.8) is 0 Å². The van der Waals surface area contributed by atoms with Crippen LogP contribution in [0.5, 0.6) is 0 Å². The van der Waals surface area contributed by atoms with Gasteiger partial charge in [-0.05, 0) is 72.8 Å². The molecule has 0 aromatic heterocycles. The number of benzene rings is 4. The Morgan fingerprint density at radius 1 is 0.795 bits per heavy atom. The number of likely N-dealkylation sites (tertiary alicyclic amines) is 1. The maximum absolute atomic E-state index is 14.2. The number of fused-ring (bicyclic) bond motifs is 1. The molecule has 2 aliphatic heterocycles. The zero-order valence-electron chi connectivity index (χ0n) is 25.5. The van der Waals surface area contributed by atoms with Crippen LogP contribution in [0.1, 0.15) is 59.5 Å². The third-order valence-electron chi connectivity index (χ3n) is 9.30. The molecular formula is C38H44N4O2. The lowest BCUT2D eigenvalue weighted by Gasteiger charge is -2.31. The second kappa shape index (κ2) is 14.7. The molecule has 228 valence electrons. The van der Waals surface area contributed by atoms with E-state index in [9.17, 15) is 9.59 Å². The van der Waals surface area contributed by atoms with E-state index in [-0.39, 0.29) is 29.8 Å². The highest BCUT2D eigenvalue weighted by molar-refractivity contribution is 5.98. The number of rotatable bonds is 10. The molecule has 2 N–H and O–H groups in total. The third-order valence-corrected chi connectivity index (χ3v) is 9.30. The van der Waals surface area contributed by atoms with Crippen molar-refractivity contribution in [1.29, 1.82) is 0 Å². The monoisotopic (exact) mass is 588 g/mol. The summed E-state index contributed by atoms with van der Waals surface area (Å²) in [5.74, 6) is 0.179. The van der Waals surface area contributed by atoms with Crippen molar-refractivity contribution in [1.82, 2.24) is 20.4 Å². The largest absolute Gasteiger partial charge is 0.350 e. The van der Waals surface area contributed by atoms with Gasteiger partial charge in [-0.15, -0.1) is 0 Å². The zero-order chi connectivity index (χ0) is 30.1. The summed E-state index contributed by atoms with van der Waals surface area (Å²) in [4.78, 5) is 32.0. The summed E-state index contributed by atoms with van der Waals surface area (Å²) in [6.07, 6.45) is 5.31. The Balaban J connectivity index is 1.18. The van der Waals surface area contributed by atoms with Crippen molar-refractivity contribution in [3.05, 3.63) is 120 Å². The Kier molecular flexibility index (Phi) is 10.0. The van der Waals surface area contributed by atoms with Gasteiger partial charge in [0.25, 0.3) is 5.91 Å². The molecule has 0 spiro atoms. The number of carbonyl (C=O) groups is 2. The second-order valence-corrected chi connectivity index (χ2v) is 12.3. The number of piperidine rings is 1. The van der Waals surface area contributed by atoms with Gasteiger partial charge in [0, 0.05) is 43.7 Å². The molecule has 2 saturated heterocycles. The molecule has 4 aromatic rings. The van der Waals surface area contributed by atoms with Gasteiger partial charge in [0.15, 0.2) is 0 Å². The maximum Gasteiger partial charge on any atom is 0.251 e. The van der Waals surface area contributed by atoms with Crippen molar-refractivity contribution >= 4 is 22.6 Å². The highest BCUT2D eigenvalue weighted by Gasteiger charge is 2.33. The van der Waals surface area contributed by atoms with Crippen LogP contribution in [-0.4, -0.2) is 73.0 Å². The zero-order valence-corrected chi connectivity index (χ0v) is 25.5. The molecule has 2 fully saturated rings. The van der Waals surface area contributed by atoms with Crippen molar-refractivity contribution in [2.24, 2.45) is 0 Å². The summed E-state index contributed by atoms with van der Waals surface area (Å²) < 4.78 is 0. The van der Waals surface area contributed by atoms with E-state index in [0.29, 0.717) is 25.2 Å². The molecule has 2 atom stereocenters. The van der Waals surface area contributed by atoms with Crippen LogP contribution in [0.25, 0.3) is 10.8 Å². The first kappa shape index (κ1) is 30.0. The van der Waals surface area contributed by atoms with Gasteiger partial charge < -0.3 is 20.4 Å². The van der Waals surface area contributed by atoms with Crippen LogP contribution in [-0.2, 0) is 4.79 Å². The van der Waals surface area contributed by atoms with Crippen LogP contribution >= 0.6 is 0 Å². The molecule has 0 bridgehead atoms. The van der Waals surface area contributed by atoms with Gasteiger partial charge in [0.2, 0.25) is 5.91 Å². The molecule has 0 aliphatic carbocycles. The highest BCUT2D eigenvalue weighted by atomic mass is 16.2. The average molecular weight is 589 g/mol. The molecule has 0 unspecified atom stereocenters. The van der Waals surface area contributed by atoms with E-state index in [2.05, 4.69) is 75.0 Å². The highest BCUT2D eigenvalue weighted by Crippen LogP contribution is 2.27. The fraction of sp³-hybridized carbons (Fsp3) is 0.368. The summed E-state index contributed by atoms with van der Waals surface area (Å²) in [5.41, 5.74) is 3.09. The third kappa shape index (κ3) is 7.55. The van der Waals surface area contributed by atoms with Crippen LogP contribution in [0.2, 0.25) is 0 Å². The number of nitrogens with zero attached hydrogens (tertiary/aromatic N) is 2. The van der Waals surface area contributed by atoms with Gasteiger partial charge in [-0.1, -0.05) is 97.4 Å². The Morgan fingerprint density at radius 3 is 2.16 bits per heavy atom. The molecule has 6 nitrogen and oxygen atoms in total. The Hall–Kier alpha value is -4.00. The lowest BCUT2D eigenvalue weighted by Crippen LogP contribution is -2.50. The van der Waals surface area contributed by atoms with Crippen LogP contribution in [0.15, 0.2) is 103 Å². The smallest absolute Gasteiger partial charge is 0.251 e. The molecule has 44 heavy (non-hydrogen) atoms. The van der Waals surface area contributed by atoms with Gasteiger partial charge in [-0.25, -0.2) is 0 Å². The van der Waals surface area contributed by atoms with Crippen LogP contribution < -0.4 is 10.6 Å². The molecular weight excluding hydrogens is 544 g/mol. The minimum atomic E-state index is -0.283. The van der Waals surface area contributed by atoms with Crippen LogP contribution in [0, 0.1) is 0 Å². The fourth-order valence-electron chi connectivity index (χ4n) is 6.77. The van der Waals surface area contributed by atoms with Crippen molar-refractivity contribution in [2.75, 3.05) is 39.3 Å². The van der Waals surface area contributed by atoms with Crippen LogP contribution in [0.3, 0.4) is 0 Å². The number of amides is 2. The number of carbonyl (C=O) groups excluding carboxylic acids is 2.